The molecule has 0 unspecified atom stereocenters. The van der Waals surface area contributed by atoms with Crippen molar-refractivity contribution in [1.29, 1.82) is 0 Å². The Bertz CT molecular complexity index is 642. The van der Waals surface area contributed by atoms with Crippen molar-refractivity contribution in [3.63, 3.8) is 0 Å². The molecule has 3 atom stereocenters. The summed E-state index contributed by atoms with van der Waals surface area (Å²) in [6.45, 7) is 6.66. The molecule has 0 spiro atoms. The van der Waals surface area contributed by atoms with Crippen LogP contribution >= 0.6 is 0 Å². The van der Waals surface area contributed by atoms with Crippen LogP contribution in [0.5, 0.6) is 0 Å². The van der Waals surface area contributed by atoms with Gasteiger partial charge < -0.3 is 15.0 Å². The molecule has 1 saturated heterocycles. The van der Waals surface area contributed by atoms with E-state index in [1.54, 1.807) is 6.20 Å². The Hall–Kier alpha value is -1.69. The molecule has 1 aromatic heterocycles. The molecule has 4 rings (SSSR count). The summed E-state index contributed by atoms with van der Waals surface area (Å²) in [6, 6.07) is 0.500. The maximum atomic E-state index is 12.9. The summed E-state index contributed by atoms with van der Waals surface area (Å²) in [6.07, 6.45) is 7.01. The molecule has 2 saturated carbocycles. The number of carbonyl (C=O) groups excluding carboxylic acids is 1. The van der Waals surface area contributed by atoms with Gasteiger partial charge in [0.15, 0.2) is 0 Å². The number of hydrogen-bond acceptors (Lipinski definition) is 5. The third-order valence-electron chi connectivity index (χ3n) is 5.95. The first-order chi connectivity index (χ1) is 12.1. The lowest BCUT2D eigenvalue weighted by Gasteiger charge is -2.28. The molecule has 2 bridgehead atoms. The van der Waals surface area contributed by atoms with Crippen LogP contribution in [0.2, 0.25) is 0 Å². The number of nitrogens with one attached hydrogen (secondary N) is 1. The summed E-state index contributed by atoms with van der Waals surface area (Å²) in [4.78, 5) is 23.9. The summed E-state index contributed by atoms with van der Waals surface area (Å²) in [5, 5.41) is 3.55. The average Bonchev–Trinajstić information content (AvgIpc) is 3.25. The molecular weight excluding hydrogens is 316 g/mol. The molecule has 1 aromatic rings. The second kappa shape index (κ2) is 6.90. The second-order valence-corrected chi connectivity index (χ2v) is 7.98. The smallest absolute Gasteiger partial charge is 0.257 e. The molecule has 2 heterocycles. The molecule has 1 amide bonds. The van der Waals surface area contributed by atoms with Crippen molar-refractivity contribution in [3.05, 3.63) is 17.5 Å². The first kappa shape index (κ1) is 16.8. The fourth-order valence-electron chi connectivity index (χ4n) is 4.59. The van der Waals surface area contributed by atoms with Crippen molar-refractivity contribution in [2.75, 3.05) is 31.6 Å². The molecule has 136 valence electrons. The van der Waals surface area contributed by atoms with Crippen LogP contribution in [0.4, 0.5) is 5.95 Å². The molecule has 0 radical (unpaired) electrons. The summed E-state index contributed by atoms with van der Waals surface area (Å²) in [5.74, 6) is 2.54. The van der Waals surface area contributed by atoms with Gasteiger partial charge >= 0.3 is 0 Å². The van der Waals surface area contributed by atoms with Gasteiger partial charge in [0.05, 0.1) is 24.5 Å². The van der Waals surface area contributed by atoms with Crippen LogP contribution < -0.4 is 5.32 Å². The minimum Gasteiger partial charge on any atom is -0.378 e. The first-order valence-electron chi connectivity index (χ1n) is 9.62. The maximum Gasteiger partial charge on any atom is 0.257 e. The lowest BCUT2D eigenvalue weighted by Crippen LogP contribution is -2.41. The van der Waals surface area contributed by atoms with Crippen LogP contribution in [0, 0.1) is 11.8 Å². The van der Waals surface area contributed by atoms with E-state index >= 15 is 0 Å². The van der Waals surface area contributed by atoms with E-state index in [1.165, 1.54) is 25.7 Å². The molecule has 25 heavy (non-hydrogen) atoms. The number of amides is 1. The fourth-order valence-corrected chi connectivity index (χ4v) is 4.59. The average molecular weight is 344 g/mol. The summed E-state index contributed by atoms with van der Waals surface area (Å²) >= 11 is 0. The summed E-state index contributed by atoms with van der Waals surface area (Å²) < 4.78 is 5.35. The number of morpholine rings is 1. The van der Waals surface area contributed by atoms with Gasteiger partial charge in [-0.3, -0.25) is 4.79 Å². The van der Waals surface area contributed by atoms with Crippen molar-refractivity contribution in [3.8, 4) is 0 Å². The highest BCUT2D eigenvalue weighted by Crippen LogP contribution is 2.45. The normalized spacial score (nSPS) is 28.6. The Balaban J connectivity index is 1.53. The largest absolute Gasteiger partial charge is 0.378 e. The highest BCUT2D eigenvalue weighted by atomic mass is 16.5. The number of aromatic nitrogens is 2. The Labute approximate surface area is 149 Å². The first-order valence-corrected chi connectivity index (χ1v) is 9.62. The number of fused-ring (bicyclic) bond motifs is 2. The van der Waals surface area contributed by atoms with Crippen LogP contribution in [0.3, 0.4) is 0 Å². The molecule has 0 aromatic carbocycles. The van der Waals surface area contributed by atoms with Gasteiger partial charge in [-0.15, -0.1) is 0 Å². The van der Waals surface area contributed by atoms with E-state index in [9.17, 15) is 4.79 Å². The summed E-state index contributed by atoms with van der Waals surface area (Å²) in [7, 11) is 0. The number of ether oxygens (including phenoxy) is 1. The number of rotatable bonds is 4. The topological polar surface area (TPSA) is 67.4 Å². The van der Waals surface area contributed by atoms with Gasteiger partial charge in [0.1, 0.15) is 0 Å². The van der Waals surface area contributed by atoms with Gasteiger partial charge in [0.2, 0.25) is 5.95 Å². The van der Waals surface area contributed by atoms with E-state index < -0.39 is 0 Å². The van der Waals surface area contributed by atoms with Crippen LogP contribution in [0.1, 0.15) is 61.5 Å². The molecule has 2 aliphatic carbocycles. The minimum absolute atomic E-state index is 0.0264. The number of nitrogens with zero attached hydrogens (tertiary/aromatic N) is 3. The lowest BCUT2D eigenvalue weighted by molar-refractivity contribution is 0.0301. The summed E-state index contributed by atoms with van der Waals surface area (Å²) in [5.41, 5.74) is 1.48. The second-order valence-electron chi connectivity index (χ2n) is 7.98. The zero-order valence-corrected chi connectivity index (χ0v) is 15.2. The fraction of sp³-hybridized carbons (Fsp3) is 0.737. The van der Waals surface area contributed by atoms with Crippen molar-refractivity contribution in [1.82, 2.24) is 14.9 Å². The Morgan fingerprint density at radius 2 is 2.08 bits per heavy atom. The molecule has 6 nitrogen and oxygen atoms in total. The molecule has 3 fully saturated rings. The Morgan fingerprint density at radius 1 is 1.28 bits per heavy atom. The lowest BCUT2D eigenvalue weighted by atomic mass is 9.95. The van der Waals surface area contributed by atoms with Crippen LogP contribution in [0.25, 0.3) is 0 Å². The van der Waals surface area contributed by atoms with E-state index in [2.05, 4.69) is 24.1 Å². The van der Waals surface area contributed by atoms with Crippen LogP contribution in [0.15, 0.2) is 6.20 Å². The number of carbonyl (C=O) groups is 1. The van der Waals surface area contributed by atoms with Crippen molar-refractivity contribution >= 4 is 11.9 Å². The highest BCUT2D eigenvalue weighted by molar-refractivity contribution is 5.95. The highest BCUT2D eigenvalue weighted by Gasteiger charge is 2.39. The van der Waals surface area contributed by atoms with Gasteiger partial charge in [-0.05, 0) is 37.0 Å². The minimum atomic E-state index is 0.0264. The molecular formula is C19H28N4O2. The van der Waals surface area contributed by atoms with Gasteiger partial charge in [0.25, 0.3) is 5.91 Å². The van der Waals surface area contributed by atoms with Crippen LogP contribution in [-0.2, 0) is 4.74 Å². The third kappa shape index (κ3) is 3.36. The van der Waals surface area contributed by atoms with Gasteiger partial charge in [-0.1, -0.05) is 20.3 Å². The van der Waals surface area contributed by atoms with E-state index in [-0.39, 0.29) is 11.8 Å². The molecule has 1 aliphatic heterocycles. The molecule has 6 heteroatoms. The van der Waals surface area contributed by atoms with Crippen LogP contribution in [-0.4, -0.2) is 53.1 Å². The zero-order chi connectivity index (χ0) is 17.4. The quantitative estimate of drug-likeness (QED) is 0.909. The molecule has 3 aliphatic rings. The zero-order valence-electron chi connectivity index (χ0n) is 15.2. The van der Waals surface area contributed by atoms with Crippen molar-refractivity contribution in [2.45, 2.75) is 51.5 Å². The van der Waals surface area contributed by atoms with E-state index in [4.69, 9.17) is 9.72 Å². The SMILES string of the molecule is CC(C)c1nc(N[C@H]2C[C@H]3CC[C@H]2C3)ncc1C(=O)N1CCOCC1. The maximum absolute atomic E-state index is 12.9. The standard InChI is InChI=1S/C19H28N4O2/c1-12(2)17-15(18(24)23-5-7-25-8-6-23)11-20-19(22-17)21-16-10-13-3-4-14(16)9-13/h11-14,16H,3-10H2,1-2H3,(H,20,21,22)/t13-,14-,16-/m0/s1. The number of hydrogen-bond donors (Lipinski definition) is 1. The predicted molar refractivity (Wildman–Crippen MR) is 95.7 cm³/mol. The Kier molecular flexibility index (Phi) is 4.63. The van der Waals surface area contributed by atoms with Crippen molar-refractivity contribution in [2.24, 2.45) is 11.8 Å². The van der Waals surface area contributed by atoms with Gasteiger partial charge in [0, 0.05) is 25.3 Å². The van der Waals surface area contributed by atoms with E-state index in [0.29, 0.717) is 43.9 Å². The van der Waals surface area contributed by atoms with Crippen molar-refractivity contribution < 1.29 is 9.53 Å². The van der Waals surface area contributed by atoms with Gasteiger partial charge in [-0.2, -0.15) is 0 Å². The monoisotopic (exact) mass is 344 g/mol. The van der Waals surface area contributed by atoms with Gasteiger partial charge in [-0.25, -0.2) is 9.97 Å². The predicted octanol–water partition coefficient (Wildman–Crippen LogP) is 2.67. The molecule has 1 N–H and O–H groups in total. The Morgan fingerprint density at radius 3 is 2.72 bits per heavy atom. The number of anilines is 1. The van der Waals surface area contributed by atoms with E-state index in [1.807, 2.05) is 4.90 Å². The third-order valence-corrected chi connectivity index (χ3v) is 5.95. The van der Waals surface area contributed by atoms with E-state index in [0.717, 1.165) is 17.5 Å².